The zero-order valence-corrected chi connectivity index (χ0v) is 15.2. The largest absolute Gasteiger partial charge is 0.376 e. The van der Waals surface area contributed by atoms with Crippen LogP contribution in [0.5, 0.6) is 0 Å². The van der Waals surface area contributed by atoms with Crippen LogP contribution in [-0.4, -0.2) is 18.2 Å². The molecule has 3 aromatic carbocycles. The van der Waals surface area contributed by atoms with E-state index in [1.807, 2.05) is 60.7 Å². The standard InChI is InChI=1S/C23H22N2O2/c1-17(26)18-12-14-21(15-13-18)24-16-22(27)25-23(19-8-4-2-5-9-19)20-10-6-3-7-11-20/h2-15,23-24H,16H2,1H3,(H,25,27). The fourth-order valence-corrected chi connectivity index (χ4v) is 2.87. The van der Waals surface area contributed by atoms with Crippen LogP contribution in [0, 0.1) is 0 Å². The summed E-state index contributed by atoms with van der Waals surface area (Å²) >= 11 is 0. The summed E-state index contributed by atoms with van der Waals surface area (Å²) < 4.78 is 0. The molecule has 0 unspecified atom stereocenters. The molecule has 4 heteroatoms. The molecule has 3 aromatic rings. The number of ketones is 1. The van der Waals surface area contributed by atoms with Gasteiger partial charge in [-0.25, -0.2) is 0 Å². The van der Waals surface area contributed by atoms with Gasteiger partial charge in [-0.15, -0.1) is 0 Å². The number of hydrogen-bond donors (Lipinski definition) is 2. The van der Waals surface area contributed by atoms with Crippen LogP contribution in [0.15, 0.2) is 84.9 Å². The number of carbonyl (C=O) groups is 2. The Kier molecular flexibility index (Phi) is 6.00. The van der Waals surface area contributed by atoms with Crippen molar-refractivity contribution in [3.05, 3.63) is 102 Å². The van der Waals surface area contributed by atoms with Crippen molar-refractivity contribution in [2.75, 3.05) is 11.9 Å². The summed E-state index contributed by atoms with van der Waals surface area (Å²) in [6.07, 6.45) is 0. The van der Waals surface area contributed by atoms with Crippen molar-refractivity contribution >= 4 is 17.4 Å². The second-order valence-corrected chi connectivity index (χ2v) is 6.31. The molecule has 1 amide bonds. The van der Waals surface area contributed by atoms with Crippen LogP contribution >= 0.6 is 0 Å². The Morgan fingerprint density at radius 2 is 1.30 bits per heavy atom. The fraction of sp³-hybridized carbons (Fsp3) is 0.130. The Morgan fingerprint density at radius 3 is 1.78 bits per heavy atom. The molecule has 2 N–H and O–H groups in total. The first-order chi connectivity index (χ1) is 13.1. The van der Waals surface area contributed by atoms with Gasteiger partial charge in [-0.05, 0) is 42.3 Å². The molecule has 3 rings (SSSR count). The maximum Gasteiger partial charge on any atom is 0.240 e. The van der Waals surface area contributed by atoms with Gasteiger partial charge in [0.1, 0.15) is 0 Å². The summed E-state index contributed by atoms with van der Waals surface area (Å²) in [6.45, 7) is 1.68. The maximum absolute atomic E-state index is 12.5. The first kappa shape index (κ1) is 18.4. The summed E-state index contributed by atoms with van der Waals surface area (Å²) in [5.41, 5.74) is 3.51. The van der Waals surface area contributed by atoms with Gasteiger partial charge in [0.05, 0.1) is 12.6 Å². The number of anilines is 1. The molecule has 27 heavy (non-hydrogen) atoms. The van der Waals surface area contributed by atoms with Crippen molar-refractivity contribution in [2.45, 2.75) is 13.0 Å². The number of benzene rings is 3. The van der Waals surface area contributed by atoms with Crippen LogP contribution in [-0.2, 0) is 4.79 Å². The minimum Gasteiger partial charge on any atom is -0.376 e. The molecule has 0 aliphatic rings. The van der Waals surface area contributed by atoms with E-state index in [9.17, 15) is 9.59 Å². The zero-order chi connectivity index (χ0) is 19.1. The summed E-state index contributed by atoms with van der Waals surface area (Å²) in [5.74, 6) is -0.0868. The average molecular weight is 358 g/mol. The van der Waals surface area contributed by atoms with Gasteiger partial charge in [0.25, 0.3) is 0 Å². The van der Waals surface area contributed by atoms with E-state index in [-0.39, 0.29) is 24.3 Å². The molecule has 136 valence electrons. The average Bonchev–Trinajstić information content (AvgIpc) is 2.72. The molecule has 0 aliphatic heterocycles. The van der Waals surface area contributed by atoms with Crippen molar-refractivity contribution in [3.63, 3.8) is 0 Å². The lowest BCUT2D eigenvalue weighted by Crippen LogP contribution is -2.33. The normalized spacial score (nSPS) is 10.4. The first-order valence-electron chi connectivity index (χ1n) is 8.87. The molecular weight excluding hydrogens is 336 g/mol. The molecule has 4 nitrogen and oxygen atoms in total. The Balaban J connectivity index is 1.67. The highest BCUT2D eigenvalue weighted by Crippen LogP contribution is 2.21. The Labute approximate surface area is 159 Å². The minimum atomic E-state index is -0.207. The third-order valence-corrected chi connectivity index (χ3v) is 4.32. The first-order valence-corrected chi connectivity index (χ1v) is 8.87. The lowest BCUT2D eigenvalue weighted by molar-refractivity contribution is -0.119. The van der Waals surface area contributed by atoms with Crippen molar-refractivity contribution in [1.29, 1.82) is 0 Å². The molecule has 0 heterocycles. The van der Waals surface area contributed by atoms with Gasteiger partial charge in [0.2, 0.25) is 5.91 Å². The number of nitrogens with one attached hydrogen (secondary N) is 2. The zero-order valence-electron chi connectivity index (χ0n) is 15.2. The van der Waals surface area contributed by atoms with E-state index in [2.05, 4.69) is 10.6 Å². The molecule has 0 spiro atoms. The highest BCUT2D eigenvalue weighted by molar-refractivity contribution is 5.94. The smallest absolute Gasteiger partial charge is 0.240 e. The number of hydrogen-bond acceptors (Lipinski definition) is 3. The molecule has 0 aromatic heterocycles. The monoisotopic (exact) mass is 358 g/mol. The lowest BCUT2D eigenvalue weighted by Gasteiger charge is -2.20. The van der Waals surface area contributed by atoms with Crippen LogP contribution in [0.25, 0.3) is 0 Å². The lowest BCUT2D eigenvalue weighted by atomic mass is 9.99. The number of Topliss-reactive ketones (excluding diaryl/α,β-unsaturated/α-hetero) is 1. The van der Waals surface area contributed by atoms with Crippen molar-refractivity contribution in [1.82, 2.24) is 5.32 Å². The van der Waals surface area contributed by atoms with Gasteiger partial charge in [-0.3, -0.25) is 9.59 Å². The molecule has 0 aliphatic carbocycles. The summed E-state index contributed by atoms with van der Waals surface area (Å²) in [5, 5.41) is 6.19. The van der Waals surface area contributed by atoms with Gasteiger partial charge < -0.3 is 10.6 Å². The number of amides is 1. The summed E-state index contributed by atoms with van der Waals surface area (Å²) in [4.78, 5) is 23.8. The molecular formula is C23H22N2O2. The van der Waals surface area contributed by atoms with E-state index in [1.54, 1.807) is 24.3 Å². The van der Waals surface area contributed by atoms with E-state index in [0.29, 0.717) is 5.56 Å². The van der Waals surface area contributed by atoms with Crippen molar-refractivity contribution in [3.8, 4) is 0 Å². The van der Waals surface area contributed by atoms with Gasteiger partial charge in [-0.1, -0.05) is 60.7 Å². The van der Waals surface area contributed by atoms with Crippen LogP contribution in [0.4, 0.5) is 5.69 Å². The molecule has 0 saturated carbocycles. The van der Waals surface area contributed by atoms with E-state index < -0.39 is 0 Å². The van der Waals surface area contributed by atoms with Gasteiger partial charge in [0, 0.05) is 11.3 Å². The van der Waals surface area contributed by atoms with Crippen LogP contribution < -0.4 is 10.6 Å². The van der Waals surface area contributed by atoms with Crippen molar-refractivity contribution < 1.29 is 9.59 Å². The summed E-state index contributed by atoms with van der Waals surface area (Å²) in [6, 6.07) is 26.7. The molecule has 0 bridgehead atoms. The van der Waals surface area contributed by atoms with E-state index in [4.69, 9.17) is 0 Å². The third kappa shape index (κ3) is 5.05. The second-order valence-electron chi connectivity index (χ2n) is 6.31. The van der Waals surface area contributed by atoms with Gasteiger partial charge in [-0.2, -0.15) is 0 Å². The highest BCUT2D eigenvalue weighted by Gasteiger charge is 2.16. The van der Waals surface area contributed by atoms with Crippen molar-refractivity contribution in [2.24, 2.45) is 0 Å². The highest BCUT2D eigenvalue weighted by atomic mass is 16.2. The number of carbonyl (C=O) groups excluding carboxylic acids is 2. The van der Waals surface area contributed by atoms with E-state index >= 15 is 0 Å². The van der Waals surface area contributed by atoms with Crippen LogP contribution in [0.2, 0.25) is 0 Å². The Hall–Kier alpha value is -3.40. The fourth-order valence-electron chi connectivity index (χ4n) is 2.87. The topological polar surface area (TPSA) is 58.2 Å². The summed E-state index contributed by atoms with van der Waals surface area (Å²) in [7, 11) is 0. The SMILES string of the molecule is CC(=O)c1ccc(NCC(=O)NC(c2ccccc2)c2ccccc2)cc1. The van der Waals surface area contributed by atoms with Crippen LogP contribution in [0.3, 0.4) is 0 Å². The third-order valence-electron chi connectivity index (χ3n) is 4.32. The second kappa shape index (κ2) is 8.81. The predicted octanol–water partition coefficient (Wildman–Crippen LogP) is 4.21. The Bertz CT molecular complexity index is 851. The van der Waals surface area contributed by atoms with E-state index in [0.717, 1.165) is 16.8 Å². The van der Waals surface area contributed by atoms with E-state index in [1.165, 1.54) is 6.92 Å². The molecule has 0 atom stereocenters. The Morgan fingerprint density at radius 1 is 0.778 bits per heavy atom. The predicted molar refractivity (Wildman–Crippen MR) is 108 cm³/mol. The van der Waals surface area contributed by atoms with Gasteiger partial charge in [0.15, 0.2) is 5.78 Å². The molecule has 0 saturated heterocycles. The van der Waals surface area contributed by atoms with Crippen LogP contribution in [0.1, 0.15) is 34.5 Å². The number of rotatable bonds is 7. The molecule has 0 radical (unpaired) electrons. The quantitative estimate of drug-likeness (QED) is 0.622. The molecule has 0 fully saturated rings. The van der Waals surface area contributed by atoms with Gasteiger partial charge >= 0.3 is 0 Å². The minimum absolute atomic E-state index is 0.0212. The maximum atomic E-state index is 12.5.